The fraction of sp³-hybridized carbons (Fsp3) is 0.191. The maximum atomic E-state index is 13.1. The summed E-state index contributed by atoms with van der Waals surface area (Å²) >= 11 is 61.5. The number of benzene rings is 9. The zero-order valence-corrected chi connectivity index (χ0v) is 71.4. The first-order chi connectivity index (χ1) is 58.9. The molecule has 3 aliphatic carbocycles. The van der Waals surface area contributed by atoms with Crippen LogP contribution in [0.15, 0.2) is 206 Å². The summed E-state index contributed by atoms with van der Waals surface area (Å²) in [5.74, 6) is 1.67. The lowest BCUT2D eigenvalue weighted by Gasteiger charge is -2.15. The number of fused-ring (bicyclic) bond motifs is 6. The Kier molecular flexibility index (Phi) is 29.7. The van der Waals surface area contributed by atoms with E-state index in [2.05, 4.69) is 54.8 Å². The van der Waals surface area contributed by atoms with Crippen molar-refractivity contribution < 1.29 is 44.4 Å². The van der Waals surface area contributed by atoms with Crippen molar-refractivity contribution in [3.05, 3.63) is 318 Å². The Balaban J connectivity index is 0.000000127. The maximum absolute atomic E-state index is 13.1. The summed E-state index contributed by atoms with van der Waals surface area (Å²) in [5, 5.41) is 16.4. The highest BCUT2D eigenvalue weighted by Gasteiger charge is 2.37. The Bertz CT molecular complexity index is 6440. The van der Waals surface area contributed by atoms with Gasteiger partial charge in [-0.2, -0.15) is 39.5 Å². The third-order valence-corrected chi connectivity index (χ3v) is 22.8. The summed E-state index contributed by atoms with van der Waals surface area (Å²) in [6, 6.07) is 54.0. The molecule has 9 aromatic carbocycles. The number of halogens is 19. The average molecular weight is 1870 g/mol. The van der Waals surface area contributed by atoms with Crippen LogP contribution in [-0.2, 0) is 57.1 Å². The summed E-state index contributed by atoms with van der Waals surface area (Å²) in [7, 11) is 0. The smallest absolute Gasteiger partial charge is 0.258 e. The zero-order valence-electron chi connectivity index (χ0n) is 63.8. The molecular formula is C89H62Cl10F9N13O2. The monoisotopic (exact) mass is 1870 g/mol. The molecule has 6 heterocycles. The zero-order chi connectivity index (χ0) is 87.4. The van der Waals surface area contributed by atoms with Crippen LogP contribution in [0.3, 0.4) is 0 Å². The highest BCUT2D eigenvalue weighted by molar-refractivity contribution is 6.37. The number of aromatic nitrogens is 12. The molecular weight excluding hydrogens is 1810 g/mol. The first kappa shape index (κ1) is 90.6. The van der Waals surface area contributed by atoms with E-state index < -0.39 is 40.1 Å². The number of aryl methyl sites for hydroxylation is 3. The molecule has 3 aliphatic rings. The lowest BCUT2D eigenvalue weighted by molar-refractivity contribution is -0.384. The van der Waals surface area contributed by atoms with Crippen molar-refractivity contribution in [1.82, 2.24) is 59.8 Å². The number of hydrogen-bond donors (Lipinski definition) is 0. The predicted molar refractivity (Wildman–Crippen MR) is 468 cm³/mol. The van der Waals surface area contributed by atoms with Gasteiger partial charge in [0.05, 0.1) is 58.3 Å². The largest absolute Gasteiger partial charge is 0.417 e. The number of non-ortho nitro benzene ring substituents is 1. The minimum atomic E-state index is -4.47. The second kappa shape index (κ2) is 40.3. The summed E-state index contributed by atoms with van der Waals surface area (Å²) in [4.78, 5) is 61.9. The van der Waals surface area contributed by atoms with Crippen LogP contribution >= 0.6 is 116 Å². The summed E-state index contributed by atoms with van der Waals surface area (Å²) in [5.41, 5.74) is 7.51. The molecule has 0 saturated carbocycles. The first-order valence-corrected chi connectivity index (χ1v) is 41.7. The quantitative estimate of drug-likeness (QED) is 0.0480. The van der Waals surface area contributed by atoms with Crippen molar-refractivity contribution in [3.8, 4) is 68.3 Å². The number of nitro groups is 1. The number of nitrogens with zero attached hydrogens (tertiary/aromatic N) is 13. The molecule has 0 saturated heterocycles. The predicted octanol–water partition coefficient (Wildman–Crippen LogP) is 29.2. The SMILES string of the molecule is Clc1ccccc1-c1nc(Cl)c2c(n1)CCCCC2.Clc1ccccc1-c1nc(Cl)c2c(n1)CCCCCC2.FC(F)(F)c1ccc(Cl)c(-c2nc(Cl)c3ccccc3n2)c1.FC(F)(F)c1ccccc1-c1nc(Cl)c2c(n1)CCC2.FC(F)(F)c1ccccc1-c1nc(Cl)c2ccccc2n1.O=[N+]([O-])c1ccc(-c2nc(Cl)c3ccccc3n2)c(Cl)c1. The Labute approximate surface area is 747 Å². The molecule has 123 heavy (non-hydrogen) atoms. The Hall–Kier alpha value is -10.1. The van der Waals surface area contributed by atoms with Gasteiger partial charge < -0.3 is 0 Å². The lowest BCUT2D eigenvalue weighted by atomic mass is 9.98. The van der Waals surface area contributed by atoms with Crippen molar-refractivity contribution in [2.24, 2.45) is 0 Å². The normalized spacial score (nSPS) is 13.1. The summed E-state index contributed by atoms with van der Waals surface area (Å²) < 4.78 is 117. The minimum Gasteiger partial charge on any atom is -0.258 e. The van der Waals surface area contributed by atoms with E-state index in [0.29, 0.717) is 75.9 Å². The van der Waals surface area contributed by atoms with E-state index in [-0.39, 0.29) is 65.4 Å². The van der Waals surface area contributed by atoms with Crippen molar-refractivity contribution in [3.63, 3.8) is 0 Å². The van der Waals surface area contributed by atoms with Gasteiger partial charge in [0.2, 0.25) is 0 Å². The van der Waals surface area contributed by atoms with Crippen LogP contribution in [0.5, 0.6) is 0 Å². The van der Waals surface area contributed by atoms with Crippen molar-refractivity contribution in [2.75, 3.05) is 0 Å². The molecule has 6 aromatic heterocycles. The third kappa shape index (κ3) is 22.4. The molecule has 15 nitrogen and oxygen atoms in total. The number of hydrogen-bond acceptors (Lipinski definition) is 14. The molecule has 0 spiro atoms. The molecule has 0 fully saturated rings. The van der Waals surface area contributed by atoms with E-state index >= 15 is 0 Å². The van der Waals surface area contributed by atoms with E-state index in [1.54, 1.807) is 48.5 Å². The molecule has 0 amide bonds. The van der Waals surface area contributed by atoms with Crippen LogP contribution in [0, 0.1) is 10.1 Å². The van der Waals surface area contributed by atoms with Crippen LogP contribution in [0.2, 0.25) is 51.0 Å². The second-order valence-electron chi connectivity index (χ2n) is 27.8. The van der Waals surface area contributed by atoms with Gasteiger partial charge in [0.15, 0.2) is 34.9 Å². The highest BCUT2D eigenvalue weighted by atomic mass is 35.5. The van der Waals surface area contributed by atoms with Gasteiger partial charge in [-0.15, -0.1) is 0 Å². The van der Waals surface area contributed by atoms with Crippen LogP contribution in [0.4, 0.5) is 45.2 Å². The number of alkyl halides is 9. The fourth-order valence-corrected chi connectivity index (χ4v) is 16.1. The average Bonchev–Trinajstić information content (AvgIpc) is 1.77. The van der Waals surface area contributed by atoms with Gasteiger partial charge in [0, 0.05) is 95.4 Å². The highest BCUT2D eigenvalue weighted by Crippen LogP contribution is 2.43. The third-order valence-electron chi connectivity index (χ3n) is 19.7. The second-order valence-corrected chi connectivity index (χ2v) is 31.6. The maximum Gasteiger partial charge on any atom is 0.417 e. The van der Waals surface area contributed by atoms with Crippen LogP contribution < -0.4 is 0 Å². The molecule has 628 valence electrons. The number of para-hydroxylation sites is 3. The van der Waals surface area contributed by atoms with Gasteiger partial charge in [-0.25, -0.2) is 59.8 Å². The van der Waals surface area contributed by atoms with Crippen LogP contribution in [0.1, 0.15) is 102 Å². The van der Waals surface area contributed by atoms with Crippen molar-refractivity contribution in [2.45, 2.75) is 108 Å². The molecule has 15 aromatic rings. The van der Waals surface area contributed by atoms with E-state index in [0.717, 1.165) is 119 Å². The topological polar surface area (TPSA) is 198 Å². The Morgan fingerprint density at radius 3 is 0.976 bits per heavy atom. The minimum absolute atomic E-state index is 0.0309. The molecule has 18 rings (SSSR count). The summed E-state index contributed by atoms with van der Waals surface area (Å²) in [6.07, 6.45) is 1.41. The fourth-order valence-electron chi connectivity index (χ4n) is 13.7. The molecule has 0 bridgehead atoms. The van der Waals surface area contributed by atoms with E-state index in [9.17, 15) is 49.6 Å². The van der Waals surface area contributed by atoms with Crippen LogP contribution in [0.25, 0.3) is 101 Å². The van der Waals surface area contributed by atoms with Gasteiger partial charge in [-0.05, 0) is 168 Å². The molecule has 0 unspecified atom stereocenters. The van der Waals surface area contributed by atoms with Crippen molar-refractivity contribution >= 4 is 154 Å². The molecule has 34 heteroatoms. The van der Waals surface area contributed by atoms with Gasteiger partial charge >= 0.3 is 18.5 Å². The van der Waals surface area contributed by atoms with E-state index in [4.69, 9.17) is 121 Å². The number of rotatable bonds is 7. The van der Waals surface area contributed by atoms with E-state index in [1.165, 1.54) is 106 Å². The summed E-state index contributed by atoms with van der Waals surface area (Å²) in [6.45, 7) is 0. The Morgan fingerprint density at radius 2 is 0.577 bits per heavy atom. The molecule has 0 N–H and O–H groups in total. The molecule has 0 radical (unpaired) electrons. The Morgan fingerprint density at radius 1 is 0.268 bits per heavy atom. The van der Waals surface area contributed by atoms with Crippen molar-refractivity contribution in [1.29, 1.82) is 0 Å². The molecule has 0 aliphatic heterocycles. The lowest BCUT2D eigenvalue weighted by Crippen LogP contribution is -2.08. The van der Waals surface area contributed by atoms with Gasteiger partial charge in [0.1, 0.15) is 30.9 Å². The van der Waals surface area contributed by atoms with Crippen LogP contribution in [-0.4, -0.2) is 64.7 Å². The number of nitro benzene ring substituents is 1. The first-order valence-electron chi connectivity index (χ1n) is 37.9. The van der Waals surface area contributed by atoms with Gasteiger partial charge in [0.25, 0.3) is 5.69 Å². The van der Waals surface area contributed by atoms with Gasteiger partial charge in [-0.1, -0.05) is 232 Å². The van der Waals surface area contributed by atoms with E-state index in [1.807, 2.05) is 72.8 Å². The molecule has 0 atom stereocenters. The van der Waals surface area contributed by atoms with Gasteiger partial charge in [-0.3, -0.25) is 10.1 Å². The standard InChI is InChI=1S/C16H16Cl2N2.C15H7Cl2F3N2.C15H14Cl2N2.C15H8ClF3N2.C14H7Cl2N3O2.C14H10ClF3N2/c17-13-9-6-5-7-11(13)16-19-14-10-4-2-1-3-8-12(14)15(18)20-16;16-11-6-5-8(15(18,19)20)7-10(11)14-21-12-4-2-1-3-9(12)13(17)22-14;16-12-8-5-4-6-10(12)15-18-13-9-3-1-2-7-11(13)14(17)19-15;16-13-10-6-2-4-8-12(10)20-14(21-13)9-5-1-3-7-11(9)15(17,18)19;15-11-7-8(19(20)21)5-6-9(11)14-17-12-4-2-1-3-10(12)13(16)18-14;15-12-9-5-3-7-11(9)19-13(20-12)8-4-1-2-6-10(8)14(16,17)18/h5-7,9H,1-4,8,10H2;1-7H;4-6,8H,1-3,7,9H2;1-8H;1-7H;1-2,4,6H,3,5,7H2.